The van der Waals surface area contributed by atoms with Crippen LogP contribution in [0.5, 0.6) is 0 Å². The molecular formula is C14H23ClN2O. The summed E-state index contributed by atoms with van der Waals surface area (Å²) in [5, 5.41) is 4.15. The third kappa shape index (κ3) is 5.36. The average molecular weight is 271 g/mol. The van der Waals surface area contributed by atoms with Crippen molar-refractivity contribution < 1.29 is 4.74 Å². The molecule has 0 heterocycles. The summed E-state index contributed by atoms with van der Waals surface area (Å²) < 4.78 is 5.28. The van der Waals surface area contributed by atoms with Gasteiger partial charge in [0.1, 0.15) is 0 Å². The molecule has 0 saturated carbocycles. The molecule has 3 nitrogen and oxygen atoms in total. The van der Waals surface area contributed by atoms with Crippen LogP contribution in [0.4, 0.5) is 0 Å². The van der Waals surface area contributed by atoms with E-state index >= 15 is 0 Å². The molecule has 0 saturated heterocycles. The minimum absolute atomic E-state index is 0.369. The fourth-order valence-corrected chi connectivity index (χ4v) is 2.11. The topological polar surface area (TPSA) is 24.5 Å². The van der Waals surface area contributed by atoms with Crippen molar-refractivity contribution in [3.63, 3.8) is 0 Å². The zero-order valence-electron chi connectivity index (χ0n) is 11.4. The first kappa shape index (κ1) is 15.4. The van der Waals surface area contributed by atoms with Gasteiger partial charge >= 0.3 is 0 Å². The molecule has 0 bridgehead atoms. The van der Waals surface area contributed by atoms with Crippen LogP contribution in [0.1, 0.15) is 12.5 Å². The van der Waals surface area contributed by atoms with Gasteiger partial charge < -0.3 is 10.1 Å². The summed E-state index contributed by atoms with van der Waals surface area (Å²) in [5.41, 5.74) is 1.22. The number of benzene rings is 1. The third-order valence-corrected chi connectivity index (χ3v) is 3.17. The highest BCUT2D eigenvalue weighted by molar-refractivity contribution is 6.30. The Morgan fingerprint density at radius 2 is 2.22 bits per heavy atom. The standard InChI is InChI=1S/C14H23ClN2O/c1-4-16-9-14(11-18-3)17(2)10-12-6-5-7-13(15)8-12/h5-8,14,16H,4,9-11H2,1-3H3. The number of hydrogen-bond acceptors (Lipinski definition) is 3. The molecule has 0 aliphatic rings. The monoisotopic (exact) mass is 270 g/mol. The van der Waals surface area contributed by atoms with E-state index < -0.39 is 0 Å². The van der Waals surface area contributed by atoms with Gasteiger partial charge in [-0.25, -0.2) is 0 Å². The van der Waals surface area contributed by atoms with Crippen molar-refractivity contribution in [2.75, 3.05) is 33.9 Å². The number of halogens is 1. The Balaban J connectivity index is 2.56. The molecule has 1 rings (SSSR count). The predicted octanol–water partition coefficient (Wildman–Crippen LogP) is 2.40. The van der Waals surface area contributed by atoms with Crippen LogP contribution in [0.25, 0.3) is 0 Å². The summed E-state index contributed by atoms with van der Waals surface area (Å²) in [7, 11) is 3.86. The van der Waals surface area contributed by atoms with Crippen LogP contribution in [0, 0.1) is 0 Å². The second-order valence-electron chi connectivity index (χ2n) is 4.46. The van der Waals surface area contributed by atoms with Gasteiger partial charge in [0, 0.05) is 31.3 Å². The molecule has 18 heavy (non-hydrogen) atoms. The summed E-state index contributed by atoms with van der Waals surface area (Å²) in [6, 6.07) is 8.36. The van der Waals surface area contributed by atoms with Crippen molar-refractivity contribution in [3.8, 4) is 0 Å². The summed E-state index contributed by atoms with van der Waals surface area (Å²) in [4.78, 5) is 2.29. The SMILES string of the molecule is CCNCC(COC)N(C)Cc1cccc(Cl)c1. The Bertz CT molecular complexity index is 346. The molecule has 4 heteroatoms. The summed E-state index contributed by atoms with van der Waals surface area (Å²) >= 11 is 6.00. The van der Waals surface area contributed by atoms with Crippen LogP contribution < -0.4 is 5.32 Å². The van der Waals surface area contributed by atoms with Crippen LogP contribution in [0.15, 0.2) is 24.3 Å². The van der Waals surface area contributed by atoms with Crippen molar-refractivity contribution in [3.05, 3.63) is 34.9 Å². The fourth-order valence-electron chi connectivity index (χ4n) is 1.90. The largest absolute Gasteiger partial charge is 0.383 e. The lowest BCUT2D eigenvalue weighted by molar-refractivity contribution is 0.102. The lowest BCUT2D eigenvalue weighted by Crippen LogP contribution is -2.42. The van der Waals surface area contributed by atoms with Crippen molar-refractivity contribution >= 4 is 11.6 Å². The van der Waals surface area contributed by atoms with Gasteiger partial charge in [-0.05, 0) is 31.3 Å². The number of likely N-dealkylation sites (N-methyl/N-ethyl adjacent to an activating group) is 2. The van der Waals surface area contributed by atoms with Gasteiger partial charge in [-0.1, -0.05) is 30.7 Å². The molecule has 0 amide bonds. The van der Waals surface area contributed by atoms with E-state index in [4.69, 9.17) is 16.3 Å². The van der Waals surface area contributed by atoms with Gasteiger partial charge in [0.25, 0.3) is 0 Å². The maximum atomic E-state index is 6.00. The van der Waals surface area contributed by atoms with Crippen molar-refractivity contribution in [2.24, 2.45) is 0 Å². The van der Waals surface area contributed by atoms with Crippen LogP contribution in [0.3, 0.4) is 0 Å². The third-order valence-electron chi connectivity index (χ3n) is 2.93. The molecular weight excluding hydrogens is 248 g/mol. The molecule has 1 aromatic rings. The zero-order valence-corrected chi connectivity index (χ0v) is 12.2. The maximum absolute atomic E-state index is 6.00. The van der Waals surface area contributed by atoms with Crippen LogP contribution in [0.2, 0.25) is 5.02 Å². The van der Waals surface area contributed by atoms with Gasteiger partial charge in [0.15, 0.2) is 0 Å². The fraction of sp³-hybridized carbons (Fsp3) is 0.571. The smallest absolute Gasteiger partial charge is 0.0630 e. The van der Waals surface area contributed by atoms with Crippen LogP contribution in [-0.4, -0.2) is 44.8 Å². The molecule has 1 unspecified atom stereocenters. The maximum Gasteiger partial charge on any atom is 0.0630 e. The normalized spacial score (nSPS) is 12.9. The Morgan fingerprint density at radius 1 is 1.44 bits per heavy atom. The van der Waals surface area contributed by atoms with Crippen molar-refractivity contribution in [2.45, 2.75) is 19.5 Å². The first-order valence-electron chi connectivity index (χ1n) is 6.31. The molecule has 0 radical (unpaired) electrons. The average Bonchev–Trinajstić information content (AvgIpc) is 2.34. The van der Waals surface area contributed by atoms with Crippen LogP contribution >= 0.6 is 11.6 Å². The van der Waals surface area contributed by atoms with Gasteiger partial charge in [-0.15, -0.1) is 0 Å². The summed E-state index contributed by atoms with van der Waals surface area (Å²) in [6.07, 6.45) is 0. The molecule has 0 aliphatic carbocycles. The number of nitrogens with one attached hydrogen (secondary N) is 1. The number of hydrogen-bond donors (Lipinski definition) is 1. The molecule has 1 atom stereocenters. The molecule has 0 aliphatic heterocycles. The highest BCUT2D eigenvalue weighted by Gasteiger charge is 2.14. The highest BCUT2D eigenvalue weighted by atomic mass is 35.5. The highest BCUT2D eigenvalue weighted by Crippen LogP contribution is 2.13. The second-order valence-corrected chi connectivity index (χ2v) is 4.90. The summed E-state index contributed by atoms with van der Waals surface area (Å²) in [5.74, 6) is 0. The number of rotatable bonds is 8. The quantitative estimate of drug-likeness (QED) is 0.785. The van der Waals surface area contributed by atoms with E-state index in [2.05, 4.69) is 30.3 Å². The molecule has 1 N–H and O–H groups in total. The predicted molar refractivity (Wildman–Crippen MR) is 77.1 cm³/mol. The minimum Gasteiger partial charge on any atom is -0.383 e. The van der Waals surface area contributed by atoms with E-state index in [0.717, 1.165) is 31.3 Å². The first-order chi connectivity index (χ1) is 8.67. The Morgan fingerprint density at radius 3 is 2.83 bits per heavy atom. The Labute approximate surface area is 115 Å². The second kappa shape index (κ2) is 8.48. The Kier molecular flexibility index (Phi) is 7.28. The van der Waals surface area contributed by atoms with E-state index in [1.165, 1.54) is 5.56 Å². The minimum atomic E-state index is 0.369. The molecule has 0 aromatic heterocycles. The van der Waals surface area contributed by atoms with Crippen molar-refractivity contribution in [1.29, 1.82) is 0 Å². The first-order valence-corrected chi connectivity index (χ1v) is 6.69. The lowest BCUT2D eigenvalue weighted by Gasteiger charge is -2.27. The molecule has 0 spiro atoms. The van der Waals surface area contributed by atoms with Gasteiger partial charge in [0.2, 0.25) is 0 Å². The van der Waals surface area contributed by atoms with Gasteiger partial charge in [-0.2, -0.15) is 0 Å². The van der Waals surface area contributed by atoms with E-state index in [0.29, 0.717) is 6.04 Å². The molecule has 1 aromatic carbocycles. The number of ether oxygens (including phenoxy) is 1. The number of nitrogens with zero attached hydrogens (tertiary/aromatic N) is 1. The van der Waals surface area contributed by atoms with E-state index in [-0.39, 0.29) is 0 Å². The van der Waals surface area contributed by atoms with Gasteiger partial charge in [0.05, 0.1) is 6.61 Å². The molecule has 0 fully saturated rings. The zero-order chi connectivity index (χ0) is 13.4. The Hall–Kier alpha value is -0.610. The molecule has 102 valence electrons. The lowest BCUT2D eigenvalue weighted by atomic mass is 10.2. The van der Waals surface area contributed by atoms with E-state index in [1.54, 1.807) is 7.11 Å². The summed E-state index contributed by atoms with van der Waals surface area (Å²) in [6.45, 7) is 5.62. The van der Waals surface area contributed by atoms with E-state index in [9.17, 15) is 0 Å². The van der Waals surface area contributed by atoms with Crippen molar-refractivity contribution in [1.82, 2.24) is 10.2 Å². The number of methoxy groups -OCH3 is 1. The van der Waals surface area contributed by atoms with E-state index in [1.807, 2.05) is 18.2 Å². The van der Waals surface area contributed by atoms with Crippen LogP contribution in [-0.2, 0) is 11.3 Å². The van der Waals surface area contributed by atoms with Gasteiger partial charge in [-0.3, -0.25) is 4.90 Å².